The van der Waals surface area contributed by atoms with Crippen molar-refractivity contribution in [2.45, 2.75) is 0 Å². The Bertz CT molecular complexity index is 3190. The largest absolute Gasteiger partial charge is 0.308 e. The summed E-state index contributed by atoms with van der Waals surface area (Å²) in [7, 11) is 0. The molecule has 11 rings (SSSR count). The van der Waals surface area contributed by atoms with E-state index in [0.717, 1.165) is 37.9 Å². The first-order valence-corrected chi connectivity index (χ1v) is 19.4. The molecule has 0 spiro atoms. The fourth-order valence-electron chi connectivity index (χ4n) is 8.12. The van der Waals surface area contributed by atoms with Crippen LogP contribution in [0.15, 0.2) is 170 Å². The SMILES string of the molecule is N#Cc1cc(-c2ccc3sc4ccccc4c3c2)cc2c1sc1c(-n3c4ccc(-c5ccccc5)cc4c4cc(-c5ccccc5)ccc43)cccc12. The molecule has 0 unspecified atom stereocenters. The second-order valence-corrected chi connectivity index (χ2v) is 15.7. The number of thiophene rings is 2. The van der Waals surface area contributed by atoms with Crippen LogP contribution in [0.25, 0.3) is 101 Å². The van der Waals surface area contributed by atoms with Gasteiger partial charge in [0.25, 0.3) is 0 Å². The lowest BCUT2D eigenvalue weighted by Gasteiger charge is -2.10. The summed E-state index contributed by atoms with van der Waals surface area (Å²) in [5, 5.41) is 17.8. The highest BCUT2D eigenvalue weighted by Crippen LogP contribution is 2.45. The van der Waals surface area contributed by atoms with Crippen LogP contribution in [0.4, 0.5) is 0 Å². The van der Waals surface area contributed by atoms with Gasteiger partial charge < -0.3 is 4.57 Å². The van der Waals surface area contributed by atoms with Gasteiger partial charge >= 0.3 is 0 Å². The monoisotopic (exact) mass is 708 g/mol. The Labute approximate surface area is 313 Å². The number of hydrogen-bond acceptors (Lipinski definition) is 3. The highest BCUT2D eigenvalue weighted by Gasteiger charge is 2.20. The Morgan fingerprint density at radius 3 is 1.64 bits per heavy atom. The zero-order chi connectivity index (χ0) is 35.0. The molecule has 0 aliphatic carbocycles. The van der Waals surface area contributed by atoms with Gasteiger partial charge in [0, 0.05) is 41.7 Å². The summed E-state index contributed by atoms with van der Waals surface area (Å²) >= 11 is 3.55. The molecule has 0 saturated heterocycles. The van der Waals surface area contributed by atoms with E-state index in [1.807, 2.05) is 11.3 Å². The molecule has 3 aromatic heterocycles. The van der Waals surface area contributed by atoms with Crippen molar-refractivity contribution in [2.75, 3.05) is 0 Å². The van der Waals surface area contributed by atoms with Crippen molar-refractivity contribution < 1.29 is 0 Å². The molecule has 246 valence electrons. The number of rotatable bonds is 4. The van der Waals surface area contributed by atoms with Crippen LogP contribution in [-0.4, -0.2) is 4.57 Å². The Hall–Kier alpha value is -6.51. The summed E-state index contributed by atoms with van der Waals surface area (Å²) in [5.74, 6) is 0. The van der Waals surface area contributed by atoms with Crippen molar-refractivity contribution in [3.8, 4) is 45.1 Å². The van der Waals surface area contributed by atoms with Crippen LogP contribution in [0, 0.1) is 11.3 Å². The highest BCUT2D eigenvalue weighted by atomic mass is 32.1. The lowest BCUT2D eigenvalue weighted by atomic mass is 9.98. The number of benzene rings is 8. The molecule has 4 heteroatoms. The molecule has 0 amide bonds. The molecule has 11 aromatic rings. The Morgan fingerprint density at radius 2 is 0.943 bits per heavy atom. The van der Waals surface area contributed by atoms with Crippen molar-refractivity contribution >= 4 is 84.8 Å². The molecular weight excluding hydrogens is 681 g/mol. The molecule has 0 aliphatic rings. The van der Waals surface area contributed by atoms with Gasteiger partial charge in [-0.1, -0.05) is 109 Å². The summed E-state index contributed by atoms with van der Waals surface area (Å²) in [6.45, 7) is 0. The topological polar surface area (TPSA) is 28.7 Å². The van der Waals surface area contributed by atoms with E-state index in [2.05, 4.69) is 180 Å². The summed E-state index contributed by atoms with van der Waals surface area (Å²) in [4.78, 5) is 0. The van der Waals surface area contributed by atoms with Crippen molar-refractivity contribution in [3.63, 3.8) is 0 Å². The summed E-state index contributed by atoms with van der Waals surface area (Å²) in [5.41, 5.74) is 11.1. The minimum Gasteiger partial charge on any atom is -0.308 e. The molecule has 0 radical (unpaired) electrons. The van der Waals surface area contributed by atoms with Crippen LogP contribution in [-0.2, 0) is 0 Å². The molecular formula is C49H28N2S2. The van der Waals surface area contributed by atoms with Crippen molar-refractivity contribution in [1.29, 1.82) is 5.26 Å². The standard InChI is InChI=1S/C49H28N2S2/c50-29-36-24-35(34-20-23-47-41(27-34)37-14-7-8-17-46(37)52-47)28-42-38-15-9-16-45(49(38)53-48(36)42)51-43-21-18-32(30-10-3-1-4-11-30)25-39(43)40-26-33(19-22-44(40)51)31-12-5-2-6-13-31/h1-28H. The van der Waals surface area contributed by atoms with Crippen LogP contribution >= 0.6 is 22.7 Å². The average Bonchev–Trinajstić information content (AvgIpc) is 3.90. The average molecular weight is 709 g/mol. The third kappa shape index (κ3) is 4.69. The maximum absolute atomic E-state index is 10.5. The first-order chi connectivity index (χ1) is 26.2. The second-order valence-electron chi connectivity index (χ2n) is 13.6. The van der Waals surface area contributed by atoms with Crippen LogP contribution in [0.1, 0.15) is 5.56 Å². The zero-order valence-corrected chi connectivity index (χ0v) is 30.0. The van der Waals surface area contributed by atoms with Gasteiger partial charge in [-0.15, -0.1) is 22.7 Å². The molecule has 0 aliphatic heterocycles. The summed E-state index contributed by atoms with van der Waals surface area (Å²) < 4.78 is 7.20. The van der Waals surface area contributed by atoms with E-state index in [1.54, 1.807) is 11.3 Å². The van der Waals surface area contributed by atoms with Crippen molar-refractivity contribution in [2.24, 2.45) is 0 Å². The number of nitriles is 1. The van der Waals surface area contributed by atoms with Gasteiger partial charge in [-0.05, 0) is 94.0 Å². The number of hydrogen-bond donors (Lipinski definition) is 0. The molecule has 3 heterocycles. The quantitative estimate of drug-likeness (QED) is 0.179. The van der Waals surface area contributed by atoms with Crippen molar-refractivity contribution in [1.82, 2.24) is 4.57 Å². The highest BCUT2D eigenvalue weighted by molar-refractivity contribution is 7.26. The van der Waals surface area contributed by atoms with Gasteiger partial charge in [0.05, 0.1) is 31.7 Å². The van der Waals surface area contributed by atoms with Gasteiger partial charge in [0.15, 0.2) is 0 Å². The Morgan fingerprint density at radius 1 is 0.377 bits per heavy atom. The third-order valence-corrected chi connectivity index (χ3v) is 13.1. The fraction of sp³-hybridized carbons (Fsp3) is 0. The Balaban J connectivity index is 1.15. The van der Waals surface area contributed by atoms with Gasteiger partial charge in [-0.3, -0.25) is 0 Å². The summed E-state index contributed by atoms with van der Waals surface area (Å²) in [6, 6.07) is 63.8. The molecule has 0 fully saturated rings. The van der Waals surface area contributed by atoms with Gasteiger partial charge in [0.2, 0.25) is 0 Å². The van der Waals surface area contributed by atoms with E-state index in [1.165, 1.54) is 63.3 Å². The Kier molecular flexibility index (Phi) is 6.69. The van der Waals surface area contributed by atoms with Gasteiger partial charge in [-0.25, -0.2) is 0 Å². The third-order valence-electron chi connectivity index (χ3n) is 10.6. The minimum absolute atomic E-state index is 0.710. The van der Waals surface area contributed by atoms with E-state index >= 15 is 0 Å². The lowest BCUT2D eigenvalue weighted by molar-refractivity contribution is 1.20. The van der Waals surface area contributed by atoms with Crippen LogP contribution in [0.2, 0.25) is 0 Å². The van der Waals surface area contributed by atoms with Gasteiger partial charge in [-0.2, -0.15) is 5.26 Å². The maximum atomic E-state index is 10.5. The molecule has 0 bridgehead atoms. The van der Waals surface area contributed by atoms with Gasteiger partial charge in [0.1, 0.15) is 6.07 Å². The normalized spacial score (nSPS) is 11.8. The zero-order valence-electron chi connectivity index (χ0n) is 28.4. The van der Waals surface area contributed by atoms with Crippen molar-refractivity contribution in [3.05, 3.63) is 175 Å². The minimum atomic E-state index is 0.710. The summed E-state index contributed by atoms with van der Waals surface area (Å²) in [6.07, 6.45) is 0. The molecule has 0 N–H and O–H groups in total. The van der Waals surface area contributed by atoms with E-state index in [0.29, 0.717) is 5.56 Å². The fourth-order valence-corrected chi connectivity index (χ4v) is 10.5. The van der Waals surface area contributed by atoms with E-state index in [9.17, 15) is 5.26 Å². The number of aromatic nitrogens is 1. The molecule has 8 aromatic carbocycles. The number of fused-ring (bicyclic) bond motifs is 9. The predicted octanol–water partition coefficient (Wildman–Crippen LogP) is 14.4. The van der Waals surface area contributed by atoms with E-state index in [-0.39, 0.29) is 0 Å². The van der Waals surface area contributed by atoms with Crippen LogP contribution < -0.4 is 0 Å². The lowest BCUT2D eigenvalue weighted by Crippen LogP contribution is -1.94. The number of nitrogens with zero attached hydrogens (tertiary/aromatic N) is 2. The molecule has 0 atom stereocenters. The molecule has 0 saturated carbocycles. The second kappa shape index (κ2) is 11.8. The maximum Gasteiger partial charge on any atom is 0.101 e. The smallest absolute Gasteiger partial charge is 0.101 e. The van der Waals surface area contributed by atoms with Crippen LogP contribution in [0.3, 0.4) is 0 Å². The first-order valence-electron chi connectivity index (χ1n) is 17.7. The predicted molar refractivity (Wildman–Crippen MR) is 228 cm³/mol. The van der Waals surface area contributed by atoms with Crippen LogP contribution in [0.5, 0.6) is 0 Å². The van der Waals surface area contributed by atoms with E-state index in [4.69, 9.17) is 0 Å². The molecule has 53 heavy (non-hydrogen) atoms. The molecule has 2 nitrogen and oxygen atoms in total. The first kappa shape index (κ1) is 30.1. The van der Waals surface area contributed by atoms with E-state index < -0.39 is 0 Å².